The van der Waals surface area contributed by atoms with E-state index in [9.17, 15) is 13.2 Å². The number of amides is 1. The molecule has 0 aliphatic carbocycles. The number of fused-ring (bicyclic) bond motifs is 1. The molecule has 1 aliphatic rings. The minimum atomic E-state index is -3.06. The number of sulfone groups is 1. The predicted octanol–water partition coefficient (Wildman–Crippen LogP) is 4.09. The van der Waals surface area contributed by atoms with Crippen LogP contribution in [0, 0.1) is 6.92 Å². The number of carbonyl (C=O) groups excluding carboxylic acids is 1. The third-order valence-electron chi connectivity index (χ3n) is 5.20. The second-order valence-electron chi connectivity index (χ2n) is 7.36. The number of benzene rings is 1. The smallest absolute Gasteiger partial charge is 0.264 e. The van der Waals surface area contributed by atoms with Crippen molar-refractivity contribution in [3.8, 4) is 5.69 Å². The molecule has 2 aromatic heterocycles. The lowest BCUT2D eigenvalue weighted by Crippen LogP contribution is -2.41. The van der Waals surface area contributed by atoms with E-state index < -0.39 is 9.84 Å². The molecule has 29 heavy (non-hydrogen) atoms. The zero-order chi connectivity index (χ0) is 20.8. The minimum absolute atomic E-state index is 0.0568. The highest BCUT2D eigenvalue weighted by Gasteiger charge is 2.35. The first-order valence-corrected chi connectivity index (χ1v) is 12.6. The largest absolute Gasteiger partial charge is 0.334 e. The molecule has 1 aliphatic heterocycles. The maximum Gasteiger partial charge on any atom is 0.264 e. The zero-order valence-corrected chi connectivity index (χ0v) is 18.6. The Morgan fingerprint density at radius 2 is 2.07 bits per heavy atom. The molecule has 9 heteroatoms. The van der Waals surface area contributed by atoms with Gasteiger partial charge in [-0.2, -0.15) is 5.10 Å². The Hall–Kier alpha value is -1.90. The van der Waals surface area contributed by atoms with Gasteiger partial charge in [0.1, 0.15) is 4.83 Å². The Bertz CT molecular complexity index is 1170. The first kappa shape index (κ1) is 20.4. The number of thiophene rings is 1. The van der Waals surface area contributed by atoms with Crippen LogP contribution in [0.4, 0.5) is 0 Å². The molecule has 0 bridgehead atoms. The molecule has 1 aromatic carbocycles. The van der Waals surface area contributed by atoms with Crippen LogP contribution in [0.15, 0.2) is 30.3 Å². The molecular weight excluding hydrogens is 430 g/mol. The molecule has 0 N–H and O–H groups in total. The monoisotopic (exact) mass is 451 g/mol. The Balaban J connectivity index is 1.70. The van der Waals surface area contributed by atoms with Crippen molar-refractivity contribution in [1.29, 1.82) is 0 Å². The number of aryl methyl sites for hydroxylation is 1. The zero-order valence-electron chi connectivity index (χ0n) is 16.3. The molecule has 1 unspecified atom stereocenters. The summed E-state index contributed by atoms with van der Waals surface area (Å²) in [5, 5.41) is 6.19. The van der Waals surface area contributed by atoms with Crippen LogP contribution in [-0.4, -0.2) is 53.1 Å². The van der Waals surface area contributed by atoms with Gasteiger partial charge in [0.05, 0.1) is 27.8 Å². The van der Waals surface area contributed by atoms with Gasteiger partial charge < -0.3 is 4.90 Å². The average Bonchev–Trinajstić information content (AvgIpc) is 3.35. The van der Waals surface area contributed by atoms with Crippen LogP contribution >= 0.6 is 22.9 Å². The van der Waals surface area contributed by atoms with Crippen LogP contribution in [0.25, 0.3) is 15.9 Å². The highest BCUT2D eigenvalue weighted by atomic mass is 35.5. The molecular formula is C20H22ClN3O3S2. The van der Waals surface area contributed by atoms with Crippen molar-refractivity contribution < 1.29 is 13.2 Å². The molecule has 1 atom stereocenters. The highest BCUT2D eigenvalue weighted by Crippen LogP contribution is 2.32. The van der Waals surface area contributed by atoms with Crippen molar-refractivity contribution in [1.82, 2.24) is 14.7 Å². The number of hydrogen-bond acceptors (Lipinski definition) is 5. The maximum absolute atomic E-state index is 13.3. The number of carbonyl (C=O) groups is 1. The number of halogens is 1. The van der Waals surface area contributed by atoms with Gasteiger partial charge in [0.15, 0.2) is 9.84 Å². The Labute approximate surface area is 179 Å². The van der Waals surface area contributed by atoms with Crippen LogP contribution in [0.2, 0.25) is 5.02 Å². The Morgan fingerprint density at radius 1 is 1.34 bits per heavy atom. The molecule has 0 spiro atoms. The van der Waals surface area contributed by atoms with Crippen LogP contribution in [0.1, 0.15) is 35.1 Å². The van der Waals surface area contributed by atoms with Crippen molar-refractivity contribution in [3.63, 3.8) is 0 Å². The number of aromatic nitrogens is 2. The minimum Gasteiger partial charge on any atom is -0.334 e. The Morgan fingerprint density at radius 3 is 2.69 bits per heavy atom. The second kappa shape index (κ2) is 7.74. The number of rotatable bonds is 5. The van der Waals surface area contributed by atoms with Gasteiger partial charge in [-0.25, -0.2) is 13.1 Å². The molecule has 1 saturated heterocycles. The second-order valence-corrected chi connectivity index (χ2v) is 11.1. The average molecular weight is 452 g/mol. The summed E-state index contributed by atoms with van der Waals surface area (Å²) in [7, 11) is -3.06. The van der Waals surface area contributed by atoms with E-state index in [1.807, 2.05) is 48.9 Å². The van der Waals surface area contributed by atoms with Gasteiger partial charge in [0.25, 0.3) is 5.91 Å². The van der Waals surface area contributed by atoms with E-state index >= 15 is 0 Å². The maximum atomic E-state index is 13.3. The summed E-state index contributed by atoms with van der Waals surface area (Å²) in [6.45, 7) is 4.47. The van der Waals surface area contributed by atoms with Crippen LogP contribution in [0.5, 0.6) is 0 Å². The summed E-state index contributed by atoms with van der Waals surface area (Å²) in [6.07, 6.45) is 1.29. The summed E-state index contributed by atoms with van der Waals surface area (Å²) in [5.74, 6) is 0.112. The van der Waals surface area contributed by atoms with E-state index in [1.54, 1.807) is 4.90 Å². The SMILES string of the molecule is CCCN(C(=O)c1cc2c(C)nn(-c3ccc(Cl)cc3)c2s1)C1CCS(=O)(=O)C1. The van der Waals surface area contributed by atoms with Gasteiger partial charge in [-0.3, -0.25) is 4.79 Å². The molecule has 3 aromatic rings. The first-order valence-electron chi connectivity index (χ1n) is 9.55. The fraction of sp³-hybridized carbons (Fsp3) is 0.400. The van der Waals surface area contributed by atoms with Gasteiger partial charge in [0, 0.05) is 23.0 Å². The summed E-state index contributed by atoms with van der Waals surface area (Å²) >= 11 is 7.39. The third-order valence-corrected chi connectivity index (χ3v) is 8.30. The molecule has 1 amide bonds. The van der Waals surface area contributed by atoms with Gasteiger partial charge in [-0.05, 0) is 50.1 Å². The van der Waals surface area contributed by atoms with E-state index in [-0.39, 0.29) is 23.5 Å². The van der Waals surface area contributed by atoms with E-state index in [2.05, 4.69) is 5.10 Å². The van der Waals surface area contributed by atoms with E-state index in [0.717, 1.165) is 28.0 Å². The van der Waals surface area contributed by atoms with Gasteiger partial charge in [0.2, 0.25) is 0 Å². The van der Waals surface area contributed by atoms with Crippen LogP contribution < -0.4 is 0 Å². The Kier molecular flexibility index (Phi) is 5.44. The van der Waals surface area contributed by atoms with Crippen molar-refractivity contribution in [3.05, 3.63) is 45.9 Å². The van der Waals surface area contributed by atoms with Gasteiger partial charge in [-0.15, -0.1) is 11.3 Å². The first-order chi connectivity index (χ1) is 13.8. The highest BCUT2D eigenvalue weighted by molar-refractivity contribution is 7.91. The topological polar surface area (TPSA) is 72.3 Å². The lowest BCUT2D eigenvalue weighted by molar-refractivity contribution is 0.0702. The van der Waals surface area contributed by atoms with Gasteiger partial charge in [-0.1, -0.05) is 18.5 Å². The molecule has 1 fully saturated rings. The lowest BCUT2D eigenvalue weighted by atomic mass is 10.2. The van der Waals surface area contributed by atoms with Crippen molar-refractivity contribution in [2.75, 3.05) is 18.1 Å². The predicted molar refractivity (Wildman–Crippen MR) is 117 cm³/mol. The van der Waals surface area contributed by atoms with Crippen molar-refractivity contribution in [2.45, 2.75) is 32.7 Å². The van der Waals surface area contributed by atoms with Crippen molar-refractivity contribution in [2.24, 2.45) is 0 Å². The fourth-order valence-electron chi connectivity index (χ4n) is 3.76. The normalized spacial score (nSPS) is 18.4. The number of hydrogen-bond donors (Lipinski definition) is 0. The van der Waals surface area contributed by atoms with Crippen LogP contribution in [-0.2, 0) is 9.84 Å². The fourth-order valence-corrected chi connectivity index (χ4v) is 6.76. The molecule has 0 radical (unpaired) electrons. The van der Waals surface area contributed by atoms with Crippen LogP contribution in [0.3, 0.4) is 0 Å². The summed E-state index contributed by atoms with van der Waals surface area (Å²) in [5.41, 5.74) is 1.72. The molecule has 0 saturated carbocycles. The van der Waals surface area contributed by atoms with E-state index in [4.69, 9.17) is 11.6 Å². The quantitative estimate of drug-likeness (QED) is 0.585. The third kappa shape index (κ3) is 3.93. The molecule has 154 valence electrons. The van der Waals surface area contributed by atoms with Crippen molar-refractivity contribution >= 4 is 48.9 Å². The standard InChI is InChI=1S/C20H22ClN3O3S2/c1-3-9-23(16-8-10-29(26,27)12-16)19(25)18-11-17-13(2)22-24(20(17)28-18)15-6-4-14(21)5-7-15/h4-7,11,16H,3,8-10,12H2,1-2H3. The molecule has 4 rings (SSSR count). The summed E-state index contributed by atoms with van der Waals surface area (Å²) in [4.78, 5) is 16.5. The lowest BCUT2D eigenvalue weighted by Gasteiger charge is -2.27. The summed E-state index contributed by atoms with van der Waals surface area (Å²) < 4.78 is 25.7. The van der Waals surface area contributed by atoms with E-state index in [0.29, 0.717) is 22.9 Å². The number of nitrogens with zero attached hydrogens (tertiary/aromatic N) is 3. The van der Waals surface area contributed by atoms with E-state index in [1.165, 1.54) is 11.3 Å². The van der Waals surface area contributed by atoms with Gasteiger partial charge >= 0.3 is 0 Å². The molecule has 3 heterocycles. The summed E-state index contributed by atoms with van der Waals surface area (Å²) in [6, 6.07) is 9.03. The molecule has 6 nitrogen and oxygen atoms in total.